The second-order valence-corrected chi connectivity index (χ2v) is 6.29. The average Bonchev–Trinajstić information content (AvgIpc) is 2.71. The van der Waals surface area contributed by atoms with E-state index < -0.39 is 11.9 Å². The Labute approximate surface area is 170 Å². The van der Waals surface area contributed by atoms with Crippen LogP contribution in [0.3, 0.4) is 0 Å². The van der Waals surface area contributed by atoms with Crippen LogP contribution >= 0.6 is 0 Å². The van der Waals surface area contributed by atoms with E-state index in [1.807, 2.05) is 30.3 Å². The maximum Gasteiger partial charge on any atom is 0.328 e. The first-order chi connectivity index (χ1) is 13.8. The summed E-state index contributed by atoms with van der Waals surface area (Å²) in [4.78, 5) is 21.3. The molecule has 7 nitrogen and oxygen atoms in total. The van der Waals surface area contributed by atoms with E-state index in [0.29, 0.717) is 12.2 Å². The van der Waals surface area contributed by atoms with Crippen molar-refractivity contribution in [3.05, 3.63) is 72.3 Å². The van der Waals surface area contributed by atoms with Gasteiger partial charge in [-0.2, -0.15) is 0 Å². The summed E-state index contributed by atoms with van der Waals surface area (Å²) in [7, 11) is 5.82. The Hall–Kier alpha value is -3.32. The Kier molecular flexibility index (Phi) is 10.6. The van der Waals surface area contributed by atoms with Crippen LogP contribution in [0.2, 0.25) is 0 Å². The van der Waals surface area contributed by atoms with Crippen molar-refractivity contribution in [2.45, 2.75) is 12.5 Å². The van der Waals surface area contributed by atoms with Crippen LogP contribution < -0.4 is 9.47 Å². The van der Waals surface area contributed by atoms with Crippen LogP contribution in [0.1, 0.15) is 18.1 Å². The van der Waals surface area contributed by atoms with E-state index >= 15 is 0 Å². The minimum atomic E-state index is -1.26. The van der Waals surface area contributed by atoms with Crippen molar-refractivity contribution in [1.29, 1.82) is 0 Å². The fourth-order valence-corrected chi connectivity index (χ4v) is 2.30. The molecule has 156 valence electrons. The van der Waals surface area contributed by atoms with Crippen molar-refractivity contribution < 1.29 is 29.3 Å². The fraction of sp³-hybridized carbons (Fsp3) is 0.273. The Morgan fingerprint density at radius 1 is 0.931 bits per heavy atom. The Bertz CT molecular complexity index is 756. The van der Waals surface area contributed by atoms with Gasteiger partial charge < -0.3 is 24.6 Å². The third-order valence-corrected chi connectivity index (χ3v) is 3.72. The van der Waals surface area contributed by atoms with Crippen LogP contribution in [-0.4, -0.2) is 54.8 Å². The highest BCUT2D eigenvalue weighted by molar-refractivity contribution is 5.89. The topological polar surface area (TPSA) is 96.3 Å². The van der Waals surface area contributed by atoms with Crippen molar-refractivity contribution in [2.75, 3.05) is 27.7 Å². The van der Waals surface area contributed by atoms with E-state index in [1.165, 1.54) is 5.56 Å². The monoisotopic (exact) mass is 401 g/mol. The van der Waals surface area contributed by atoms with Gasteiger partial charge in [-0.25, -0.2) is 9.59 Å². The lowest BCUT2D eigenvalue weighted by atomic mass is 10.1. The second-order valence-electron chi connectivity index (χ2n) is 6.29. The molecule has 0 aromatic heterocycles. The summed E-state index contributed by atoms with van der Waals surface area (Å²) in [6.45, 7) is 0.982. The van der Waals surface area contributed by atoms with Crippen molar-refractivity contribution in [2.24, 2.45) is 0 Å². The van der Waals surface area contributed by atoms with Crippen LogP contribution in [0.25, 0.3) is 0 Å². The highest BCUT2D eigenvalue weighted by atomic mass is 16.5. The van der Waals surface area contributed by atoms with Crippen LogP contribution in [0.4, 0.5) is 0 Å². The molecule has 0 saturated heterocycles. The lowest BCUT2D eigenvalue weighted by Crippen LogP contribution is -2.18. The molecule has 2 N–H and O–H groups in total. The number of carbonyl (C=O) groups is 2. The van der Waals surface area contributed by atoms with Crippen LogP contribution in [-0.2, 0) is 9.59 Å². The molecule has 29 heavy (non-hydrogen) atoms. The van der Waals surface area contributed by atoms with Crippen LogP contribution in [0.5, 0.6) is 11.5 Å². The molecule has 7 heteroatoms. The standard InChI is InChI=1S/C18H23NO2.C4H4O4/c1-19(2)14-13-18(15-7-5-4-6-8-15)21-17-11-9-16(20-3)10-12-17;5-3(6)1-2-4(7)8/h4-12,18H,13-14H2,1-3H3;1-2H,(H,5,6)(H,7,8)/b;2-1-. The zero-order valence-corrected chi connectivity index (χ0v) is 16.8. The Morgan fingerprint density at radius 3 is 1.90 bits per heavy atom. The number of methoxy groups -OCH3 is 1. The average molecular weight is 401 g/mol. The van der Waals surface area contributed by atoms with E-state index in [-0.39, 0.29) is 6.10 Å². The fourth-order valence-electron chi connectivity index (χ4n) is 2.30. The number of hydrogen-bond acceptors (Lipinski definition) is 5. The zero-order chi connectivity index (χ0) is 21.6. The number of ether oxygens (including phenoxy) is 2. The Balaban J connectivity index is 0.000000447. The SMILES string of the molecule is COc1ccc(OC(CCN(C)C)c2ccccc2)cc1.O=C(O)/C=C\C(=O)O. The molecule has 0 aliphatic rings. The van der Waals surface area contributed by atoms with Gasteiger partial charge in [-0.15, -0.1) is 0 Å². The minimum absolute atomic E-state index is 0.0574. The highest BCUT2D eigenvalue weighted by Gasteiger charge is 2.13. The molecule has 2 aromatic rings. The molecular weight excluding hydrogens is 374 g/mol. The van der Waals surface area contributed by atoms with E-state index in [0.717, 1.165) is 24.5 Å². The smallest absolute Gasteiger partial charge is 0.328 e. The number of benzene rings is 2. The number of carboxylic acids is 2. The van der Waals surface area contributed by atoms with Gasteiger partial charge in [0.25, 0.3) is 0 Å². The van der Waals surface area contributed by atoms with Gasteiger partial charge >= 0.3 is 11.9 Å². The molecule has 0 radical (unpaired) electrons. The van der Waals surface area contributed by atoms with Crippen molar-refractivity contribution in [1.82, 2.24) is 4.90 Å². The molecule has 0 aliphatic carbocycles. The van der Waals surface area contributed by atoms with Gasteiger partial charge in [0.1, 0.15) is 17.6 Å². The molecule has 1 atom stereocenters. The number of nitrogens with zero attached hydrogens (tertiary/aromatic N) is 1. The van der Waals surface area contributed by atoms with Crippen LogP contribution in [0.15, 0.2) is 66.7 Å². The number of rotatable bonds is 9. The molecule has 0 heterocycles. The first-order valence-corrected chi connectivity index (χ1v) is 8.96. The minimum Gasteiger partial charge on any atom is -0.497 e. The predicted octanol–water partition coefficient (Wildman–Crippen LogP) is 3.48. The molecule has 1 unspecified atom stereocenters. The van der Waals surface area contributed by atoms with Crippen LogP contribution in [0, 0.1) is 0 Å². The summed E-state index contributed by atoms with van der Waals surface area (Å²) in [5, 5.41) is 15.6. The van der Waals surface area contributed by atoms with Crippen molar-refractivity contribution in [3.63, 3.8) is 0 Å². The maximum atomic E-state index is 9.55. The summed E-state index contributed by atoms with van der Waals surface area (Å²) >= 11 is 0. The molecule has 0 bridgehead atoms. The molecule has 0 aliphatic heterocycles. The molecule has 2 rings (SSSR count). The number of hydrogen-bond donors (Lipinski definition) is 2. The van der Waals surface area contributed by atoms with Gasteiger partial charge in [-0.1, -0.05) is 30.3 Å². The summed E-state index contributed by atoms with van der Waals surface area (Å²) in [6, 6.07) is 18.1. The maximum absolute atomic E-state index is 9.55. The highest BCUT2D eigenvalue weighted by Crippen LogP contribution is 2.26. The summed E-state index contributed by atoms with van der Waals surface area (Å²) < 4.78 is 11.3. The normalized spacial score (nSPS) is 11.4. The first-order valence-electron chi connectivity index (χ1n) is 8.96. The predicted molar refractivity (Wildman–Crippen MR) is 110 cm³/mol. The van der Waals surface area contributed by atoms with Gasteiger partial charge in [0.15, 0.2) is 0 Å². The lowest BCUT2D eigenvalue weighted by molar-refractivity contribution is -0.134. The Morgan fingerprint density at radius 2 is 1.45 bits per heavy atom. The van der Waals surface area contributed by atoms with Gasteiger partial charge in [0, 0.05) is 25.1 Å². The molecular formula is C22H27NO6. The molecule has 2 aromatic carbocycles. The largest absolute Gasteiger partial charge is 0.497 e. The molecule has 0 amide bonds. The van der Waals surface area contributed by atoms with Gasteiger partial charge in [-0.3, -0.25) is 0 Å². The van der Waals surface area contributed by atoms with Gasteiger partial charge in [0.05, 0.1) is 7.11 Å². The summed E-state index contributed by atoms with van der Waals surface area (Å²) in [5.74, 6) is -0.810. The quantitative estimate of drug-likeness (QED) is 0.621. The van der Waals surface area contributed by atoms with Crippen molar-refractivity contribution >= 4 is 11.9 Å². The van der Waals surface area contributed by atoms with E-state index in [1.54, 1.807) is 7.11 Å². The first kappa shape index (κ1) is 23.7. The zero-order valence-electron chi connectivity index (χ0n) is 16.8. The van der Waals surface area contributed by atoms with E-state index in [4.69, 9.17) is 19.7 Å². The molecule has 0 spiro atoms. The van der Waals surface area contributed by atoms with E-state index in [2.05, 4.69) is 43.3 Å². The lowest BCUT2D eigenvalue weighted by Gasteiger charge is -2.21. The van der Waals surface area contributed by atoms with Gasteiger partial charge in [-0.05, 0) is 43.9 Å². The molecule has 0 fully saturated rings. The van der Waals surface area contributed by atoms with Crippen molar-refractivity contribution in [3.8, 4) is 11.5 Å². The third kappa shape index (κ3) is 10.6. The second kappa shape index (κ2) is 13.0. The number of aliphatic carboxylic acids is 2. The summed E-state index contributed by atoms with van der Waals surface area (Å²) in [5.41, 5.74) is 1.20. The van der Waals surface area contributed by atoms with Gasteiger partial charge in [0.2, 0.25) is 0 Å². The summed E-state index contributed by atoms with van der Waals surface area (Å²) in [6.07, 6.45) is 2.12. The number of carboxylic acid groups (broad SMARTS) is 2. The van der Waals surface area contributed by atoms with E-state index in [9.17, 15) is 9.59 Å². The third-order valence-electron chi connectivity index (χ3n) is 3.72. The molecule has 0 saturated carbocycles.